The first-order valence-corrected chi connectivity index (χ1v) is 7.28. The van der Waals surface area contributed by atoms with Gasteiger partial charge in [-0.1, -0.05) is 29.4 Å². The number of benzene rings is 2. The van der Waals surface area contributed by atoms with E-state index in [1.807, 2.05) is 43.3 Å². The fraction of sp³-hybridized carbons (Fsp3) is 0.235. The van der Waals surface area contributed by atoms with E-state index in [2.05, 4.69) is 15.5 Å². The molecule has 0 saturated carbocycles. The fourth-order valence-electron chi connectivity index (χ4n) is 2.50. The number of amides is 1. The van der Waals surface area contributed by atoms with Crippen molar-refractivity contribution in [3.63, 3.8) is 0 Å². The third kappa shape index (κ3) is 3.31. The Labute approximate surface area is 133 Å². The predicted molar refractivity (Wildman–Crippen MR) is 85.1 cm³/mol. The van der Waals surface area contributed by atoms with E-state index in [1.165, 1.54) is 6.39 Å². The zero-order valence-electron chi connectivity index (χ0n) is 12.9. The van der Waals surface area contributed by atoms with Crippen LogP contribution in [0.5, 0.6) is 5.75 Å². The van der Waals surface area contributed by atoms with Crippen molar-refractivity contribution in [3.8, 4) is 5.75 Å². The number of hydrogen-bond acceptors (Lipinski definition) is 5. The van der Waals surface area contributed by atoms with E-state index in [0.717, 1.165) is 22.1 Å². The number of ether oxygens (including phenoxy) is 1. The minimum Gasteiger partial charge on any atom is -0.497 e. The van der Waals surface area contributed by atoms with Crippen LogP contribution in [0.4, 0.5) is 0 Å². The molecule has 3 aromatic rings. The molecule has 0 saturated heterocycles. The van der Waals surface area contributed by atoms with E-state index in [0.29, 0.717) is 5.82 Å². The monoisotopic (exact) mass is 311 g/mol. The van der Waals surface area contributed by atoms with Gasteiger partial charge in [0, 0.05) is 0 Å². The topological polar surface area (TPSA) is 77.2 Å². The standard InChI is InChI=1S/C17H17N3O3/c1-11(17-18-10-23-20-17)19-16(21)8-13-5-3-4-12-6-7-14(22-2)9-15(12)13/h3-7,9-11H,8H2,1-2H3,(H,19,21)/t11-/m1/s1. The van der Waals surface area contributed by atoms with Crippen LogP contribution in [-0.4, -0.2) is 23.2 Å². The van der Waals surface area contributed by atoms with Crippen LogP contribution in [0.2, 0.25) is 0 Å². The van der Waals surface area contributed by atoms with Crippen LogP contribution in [0.25, 0.3) is 10.8 Å². The van der Waals surface area contributed by atoms with Crippen LogP contribution < -0.4 is 10.1 Å². The minimum atomic E-state index is -0.300. The maximum atomic E-state index is 12.3. The number of methoxy groups -OCH3 is 1. The highest BCUT2D eigenvalue weighted by molar-refractivity contribution is 5.91. The molecule has 0 bridgehead atoms. The lowest BCUT2D eigenvalue weighted by Gasteiger charge is -2.12. The number of carbonyl (C=O) groups is 1. The van der Waals surface area contributed by atoms with Crippen molar-refractivity contribution in [2.75, 3.05) is 7.11 Å². The molecule has 0 radical (unpaired) electrons. The lowest BCUT2D eigenvalue weighted by Crippen LogP contribution is -2.28. The van der Waals surface area contributed by atoms with E-state index in [1.54, 1.807) is 7.11 Å². The zero-order chi connectivity index (χ0) is 16.2. The summed E-state index contributed by atoms with van der Waals surface area (Å²) < 4.78 is 9.96. The van der Waals surface area contributed by atoms with E-state index < -0.39 is 0 Å². The third-order valence-corrected chi connectivity index (χ3v) is 3.67. The second kappa shape index (κ2) is 6.48. The van der Waals surface area contributed by atoms with Gasteiger partial charge in [-0.15, -0.1) is 0 Å². The average molecular weight is 311 g/mol. The van der Waals surface area contributed by atoms with Crippen LogP contribution in [0.1, 0.15) is 24.4 Å². The summed E-state index contributed by atoms with van der Waals surface area (Å²) in [7, 11) is 1.63. The van der Waals surface area contributed by atoms with Crippen LogP contribution >= 0.6 is 0 Å². The van der Waals surface area contributed by atoms with E-state index in [-0.39, 0.29) is 18.4 Å². The predicted octanol–water partition coefficient (Wildman–Crippen LogP) is 2.65. The molecule has 6 heteroatoms. The van der Waals surface area contributed by atoms with E-state index in [9.17, 15) is 4.79 Å². The Morgan fingerprint density at radius 2 is 2.22 bits per heavy atom. The van der Waals surface area contributed by atoms with Crippen LogP contribution in [0, 0.1) is 0 Å². The molecular weight excluding hydrogens is 294 g/mol. The first kappa shape index (κ1) is 15.0. The Kier molecular flexibility index (Phi) is 4.23. The molecule has 0 aliphatic heterocycles. The van der Waals surface area contributed by atoms with Gasteiger partial charge in [-0.25, -0.2) is 0 Å². The van der Waals surface area contributed by atoms with Gasteiger partial charge in [0.1, 0.15) is 5.75 Å². The quantitative estimate of drug-likeness (QED) is 0.784. The van der Waals surface area contributed by atoms with Crippen molar-refractivity contribution in [2.45, 2.75) is 19.4 Å². The molecule has 1 N–H and O–H groups in total. The number of fused-ring (bicyclic) bond motifs is 1. The molecule has 0 unspecified atom stereocenters. The maximum Gasteiger partial charge on any atom is 0.225 e. The second-order valence-electron chi connectivity index (χ2n) is 5.26. The second-order valence-corrected chi connectivity index (χ2v) is 5.26. The first-order chi connectivity index (χ1) is 11.2. The van der Waals surface area contributed by atoms with Crippen LogP contribution in [0.15, 0.2) is 47.3 Å². The number of rotatable bonds is 5. The number of hydrogen-bond donors (Lipinski definition) is 1. The minimum absolute atomic E-state index is 0.0994. The Morgan fingerprint density at radius 3 is 2.96 bits per heavy atom. The average Bonchev–Trinajstić information content (AvgIpc) is 3.09. The molecule has 1 aromatic heterocycles. The van der Waals surface area contributed by atoms with Gasteiger partial charge in [-0.3, -0.25) is 4.79 Å². The lowest BCUT2D eigenvalue weighted by molar-refractivity contribution is -0.121. The molecule has 1 amide bonds. The Balaban J connectivity index is 1.79. The van der Waals surface area contributed by atoms with Crippen molar-refractivity contribution in [1.82, 2.24) is 15.5 Å². The number of nitrogens with one attached hydrogen (secondary N) is 1. The van der Waals surface area contributed by atoms with E-state index >= 15 is 0 Å². The van der Waals surface area contributed by atoms with Gasteiger partial charge in [-0.2, -0.15) is 4.98 Å². The highest BCUT2D eigenvalue weighted by Gasteiger charge is 2.14. The number of nitrogens with zero attached hydrogens (tertiary/aromatic N) is 2. The molecular formula is C17H17N3O3. The largest absolute Gasteiger partial charge is 0.497 e. The summed E-state index contributed by atoms with van der Waals surface area (Å²) >= 11 is 0. The van der Waals surface area contributed by atoms with Gasteiger partial charge in [0.15, 0.2) is 5.82 Å². The van der Waals surface area contributed by atoms with Gasteiger partial charge in [0.05, 0.1) is 19.6 Å². The van der Waals surface area contributed by atoms with Crippen molar-refractivity contribution in [3.05, 3.63) is 54.2 Å². The highest BCUT2D eigenvalue weighted by atomic mass is 16.5. The molecule has 0 fully saturated rings. The molecule has 6 nitrogen and oxygen atoms in total. The summed E-state index contributed by atoms with van der Waals surface area (Å²) in [5, 5.41) is 8.68. The van der Waals surface area contributed by atoms with Gasteiger partial charge >= 0.3 is 0 Å². The van der Waals surface area contributed by atoms with E-state index in [4.69, 9.17) is 9.26 Å². The van der Waals surface area contributed by atoms with Crippen molar-refractivity contribution in [1.29, 1.82) is 0 Å². The first-order valence-electron chi connectivity index (χ1n) is 7.28. The molecule has 118 valence electrons. The fourth-order valence-corrected chi connectivity index (χ4v) is 2.50. The molecule has 0 aliphatic rings. The van der Waals surface area contributed by atoms with Gasteiger partial charge < -0.3 is 14.6 Å². The summed E-state index contributed by atoms with van der Waals surface area (Å²) in [6.07, 6.45) is 1.52. The Morgan fingerprint density at radius 1 is 1.35 bits per heavy atom. The van der Waals surface area contributed by atoms with Crippen molar-refractivity contribution < 1.29 is 14.1 Å². The van der Waals surface area contributed by atoms with Crippen LogP contribution in [0.3, 0.4) is 0 Å². The normalized spacial score (nSPS) is 12.1. The zero-order valence-corrected chi connectivity index (χ0v) is 12.9. The van der Waals surface area contributed by atoms with Crippen molar-refractivity contribution in [2.24, 2.45) is 0 Å². The molecule has 1 heterocycles. The summed E-state index contributed by atoms with van der Waals surface area (Å²) in [4.78, 5) is 16.2. The third-order valence-electron chi connectivity index (χ3n) is 3.67. The molecule has 23 heavy (non-hydrogen) atoms. The Bertz CT molecular complexity index is 815. The SMILES string of the molecule is COc1ccc2cccc(CC(=O)N[C@H](C)c3ncon3)c2c1. The molecule has 0 aliphatic carbocycles. The summed E-state index contributed by atoms with van der Waals surface area (Å²) in [6, 6.07) is 11.4. The van der Waals surface area contributed by atoms with Gasteiger partial charge in [0.2, 0.25) is 12.3 Å². The smallest absolute Gasteiger partial charge is 0.225 e. The number of carbonyl (C=O) groups excluding carboxylic acids is 1. The number of aromatic nitrogens is 2. The molecule has 0 spiro atoms. The van der Waals surface area contributed by atoms with Crippen LogP contribution in [-0.2, 0) is 11.2 Å². The lowest BCUT2D eigenvalue weighted by atomic mass is 10.0. The molecule has 2 aromatic carbocycles. The van der Waals surface area contributed by atoms with Gasteiger partial charge in [-0.05, 0) is 35.4 Å². The summed E-state index contributed by atoms with van der Waals surface area (Å²) in [6.45, 7) is 1.81. The van der Waals surface area contributed by atoms with Crippen molar-refractivity contribution >= 4 is 16.7 Å². The molecule has 1 atom stereocenters. The Hall–Kier alpha value is -2.89. The highest BCUT2D eigenvalue weighted by Crippen LogP contribution is 2.24. The molecule has 3 rings (SSSR count). The maximum absolute atomic E-state index is 12.3. The summed E-state index contributed by atoms with van der Waals surface area (Å²) in [5.41, 5.74) is 0.944. The summed E-state index contributed by atoms with van der Waals surface area (Å²) in [5.74, 6) is 1.13. The van der Waals surface area contributed by atoms with Gasteiger partial charge in [0.25, 0.3) is 0 Å².